The lowest BCUT2D eigenvalue weighted by atomic mass is 10.0. The van der Waals surface area contributed by atoms with Crippen LogP contribution in [0.3, 0.4) is 0 Å². The van der Waals surface area contributed by atoms with Gasteiger partial charge in [0.1, 0.15) is 11.6 Å². The molecule has 1 aliphatic rings. The highest BCUT2D eigenvalue weighted by Gasteiger charge is 2.25. The maximum absolute atomic E-state index is 13.2. The first-order chi connectivity index (χ1) is 13.2. The van der Waals surface area contributed by atoms with Crippen LogP contribution in [-0.2, 0) is 4.79 Å². The number of hydrogen-bond donors (Lipinski definition) is 1. The van der Waals surface area contributed by atoms with E-state index in [4.69, 9.17) is 4.74 Å². The minimum absolute atomic E-state index is 0.0650. The van der Waals surface area contributed by atoms with Crippen molar-refractivity contribution in [2.45, 2.75) is 18.9 Å². The molecule has 3 rings (SSSR count). The van der Waals surface area contributed by atoms with Crippen LogP contribution in [0.1, 0.15) is 30.0 Å². The van der Waals surface area contributed by atoms with Gasteiger partial charge in [0.2, 0.25) is 5.91 Å². The summed E-state index contributed by atoms with van der Waals surface area (Å²) in [5.41, 5.74) is 1.74. The third-order valence-corrected chi connectivity index (χ3v) is 4.82. The molecule has 2 aromatic rings. The van der Waals surface area contributed by atoms with Crippen LogP contribution in [0.4, 0.5) is 4.39 Å². The first kappa shape index (κ1) is 19.1. The Kier molecular flexibility index (Phi) is 6.60. The van der Waals surface area contributed by atoms with Gasteiger partial charge in [-0.1, -0.05) is 30.3 Å². The standard InChI is InChI=1S/C22H25FN2O2/c1-27-21-10-3-2-9-19(21)20(25-13-4-5-14-25)16-24-22(26)12-11-17-7-6-8-18(23)15-17/h2-3,6-12,15,20H,4-5,13-14,16H2,1H3,(H,24,26)/b12-11+. The summed E-state index contributed by atoms with van der Waals surface area (Å²) in [4.78, 5) is 14.6. The lowest BCUT2D eigenvalue weighted by Gasteiger charge is -2.29. The van der Waals surface area contributed by atoms with E-state index in [1.165, 1.54) is 31.1 Å². The fourth-order valence-electron chi connectivity index (χ4n) is 3.47. The van der Waals surface area contributed by atoms with Gasteiger partial charge >= 0.3 is 0 Å². The number of ether oxygens (including phenoxy) is 1. The zero-order chi connectivity index (χ0) is 19.1. The zero-order valence-electron chi connectivity index (χ0n) is 15.5. The van der Waals surface area contributed by atoms with Gasteiger partial charge in [0.25, 0.3) is 0 Å². The van der Waals surface area contributed by atoms with Crippen LogP contribution < -0.4 is 10.1 Å². The summed E-state index contributed by atoms with van der Waals surface area (Å²) in [6.45, 7) is 2.52. The maximum Gasteiger partial charge on any atom is 0.244 e. The largest absolute Gasteiger partial charge is 0.496 e. The number of benzene rings is 2. The number of nitrogens with one attached hydrogen (secondary N) is 1. The summed E-state index contributed by atoms with van der Waals surface area (Å²) in [7, 11) is 1.67. The second kappa shape index (κ2) is 9.33. The molecule has 1 saturated heterocycles. The van der Waals surface area contributed by atoms with E-state index in [0.717, 1.165) is 24.4 Å². The van der Waals surface area contributed by atoms with E-state index in [1.807, 2.05) is 18.2 Å². The summed E-state index contributed by atoms with van der Waals surface area (Å²) >= 11 is 0. The predicted molar refractivity (Wildman–Crippen MR) is 105 cm³/mol. The molecule has 142 valence electrons. The number of amides is 1. The van der Waals surface area contributed by atoms with E-state index >= 15 is 0 Å². The molecule has 4 nitrogen and oxygen atoms in total. The topological polar surface area (TPSA) is 41.6 Å². The number of halogens is 1. The highest BCUT2D eigenvalue weighted by molar-refractivity contribution is 5.91. The molecule has 1 amide bonds. The molecule has 0 aliphatic carbocycles. The second-order valence-electron chi connectivity index (χ2n) is 6.63. The lowest BCUT2D eigenvalue weighted by Crippen LogP contribution is -2.36. The van der Waals surface area contributed by atoms with Gasteiger partial charge in [-0.05, 0) is 55.8 Å². The molecule has 1 unspecified atom stereocenters. The number of likely N-dealkylation sites (tertiary alicyclic amines) is 1. The van der Waals surface area contributed by atoms with Crippen molar-refractivity contribution >= 4 is 12.0 Å². The van der Waals surface area contributed by atoms with Crippen LogP contribution in [0.25, 0.3) is 6.08 Å². The van der Waals surface area contributed by atoms with Gasteiger partial charge in [-0.15, -0.1) is 0 Å². The highest BCUT2D eigenvalue weighted by Crippen LogP contribution is 2.31. The smallest absolute Gasteiger partial charge is 0.244 e. The Morgan fingerprint density at radius 2 is 2.00 bits per heavy atom. The van der Waals surface area contributed by atoms with Gasteiger partial charge in [0.05, 0.1) is 13.2 Å². The number of para-hydroxylation sites is 1. The summed E-state index contributed by atoms with van der Waals surface area (Å²) in [6.07, 6.45) is 5.39. The number of carbonyl (C=O) groups is 1. The first-order valence-electron chi connectivity index (χ1n) is 9.26. The van der Waals surface area contributed by atoms with Gasteiger partial charge in [-0.25, -0.2) is 4.39 Å². The Bertz CT molecular complexity index is 800. The van der Waals surface area contributed by atoms with Crippen molar-refractivity contribution in [3.8, 4) is 5.75 Å². The van der Waals surface area contributed by atoms with Crippen molar-refractivity contribution in [2.24, 2.45) is 0 Å². The Morgan fingerprint density at radius 1 is 1.22 bits per heavy atom. The molecule has 27 heavy (non-hydrogen) atoms. The van der Waals surface area contributed by atoms with Gasteiger partial charge < -0.3 is 10.1 Å². The Morgan fingerprint density at radius 3 is 2.74 bits per heavy atom. The molecular weight excluding hydrogens is 343 g/mol. The van der Waals surface area contributed by atoms with E-state index in [9.17, 15) is 9.18 Å². The predicted octanol–water partition coefficient (Wildman–Crippen LogP) is 3.80. The Labute approximate surface area is 159 Å². The van der Waals surface area contributed by atoms with E-state index in [0.29, 0.717) is 12.1 Å². The number of carbonyl (C=O) groups excluding carboxylic acids is 1. The molecule has 0 radical (unpaired) electrons. The van der Waals surface area contributed by atoms with Crippen LogP contribution in [0.2, 0.25) is 0 Å². The molecule has 1 atom stereocenters. The molecule has 1 heterocycles. The Hall–Kier alpha value is -2.66. The monoisotopic (exact) mass is 368 g/mol. The van der Waals surface area contributed by atoms with Gasteiger partial charge in [-0.2, -0.15) is 0 Å². The second-order valence-corrected chi connectivity index (χ2v) is 6.63. The van der Waals surface area contributed by atoms with Crippen molar-refractivity contribution < 1.29 is 13.9 Å². The highest BCUT2D eigenvalue weighted by atomic mass is 19.1. The van der Waals surface area contributed by atoms with E-state index in [2.05, 4.69) is 16.3 Å². The number of rotatable bonds is 7. The fourth-order valence-corrected chi connectivity index (χ4v) is 3.47. The third-order valence-electron chi connectivity index (χ3n) is 4.82. The molecule has 0 bridgehead atoms. The van der Waals surface area contributed by atoms with Crippen molar-refractivity contribution in [1.29, 1.82) is 0 Å². The Balaban J connectivity index is 1.68. The minimum Gasteiger partial charge on any atom is -0.496 e. The van der Waals surface area contributed by atoms with Crippen molar-refractivity contribution in [3.05, 3.63) is 71.6 Å². The van der Waals surface area contributed by atoms with Crippen LogP contribution in [-0.4, -0.2) is 37.6 Å². The van der Waals surface area contributed by atoms with Crippen LogP contribution in [0.15, 0.2) is 54.6 Å². The number of hydrogen-bond acceptors (Lipinski definition) is 3. The molecule has 0 aromatic heterocycles. The summed E-state index contributed by atoms with van der Waals surface area (Å²) < 4.78 is 18.7. The number of nitrogens with zero attached hydrogens (tertiary/aromatic N) is 1. The average Bonchev–Trinajstić information content (AvgIpc) is 3.21. The summed E-state index contributed by atoms with van der Waals surface area (Å²) in [5.74, 6) is 0.320. The van der Waals surface area contributed by atoms with E-state index in [-0.39, 0.29) is 17.8 Å². The summed E-state index contributed by atoms with van der Waals surface area (Å²) in [5, 5.41) is 2.98. The third kappa shape index (κ3) is 5.17. The summed E-state index contributed by atoms with van der Waals surface area (Å²) in [6, 6.07) is 14.2. The maximum atomic E-state index is 13.2. The quantitative estimate of drug-likeness (QED) is 0.756. The zero-order valence-corrected chi connectivity index (χ0v) is 15.5. The van der Waals surface area contributed by atoms with Crippen LogP contribution in [0.5, 0.6) is 5.75 Å². The minimum atomic E-state index is -0.317. The van der Waals surface area contributed by atoms with Crippen molar-refractivity contribution in [3.63, 3.8) is 0 Å². The molecule has 2 aromatic carbocycles. The van der Waals surface area contributed by atoms with Gasteiger partial charge in [0.15, 0.2) is 0 Å². The normalized spacial score (nSPS) is 15.8. The van der Waals surface area contributed by atoms with E-state index < -0.39 is 0 Å². The molecular formula is C22H25FN2O2. The van der Waals surface area contributed by atoms with Crippen LogP contribution in [0, 0.1) is 5.82 Å². The van der Waals surface area contributed by atoms with Crippen LogP contribution >= 0.6 is 0 Å². The lowest BCUT2D eigenvalue weighted by molar-refractivity contribution is -0.116. The van der Waals surface area contributed by atoms with Gasteiger partial charge in [0, 0.05) is 18.2 Å². The molecule has 5 heteroatoms. The van der Waals surface area contributed by atoms with E-state index in [1.54, 1.807) is 25.3 Å². The molecule has 0 saturated carbocycles. The molecule has 0 spiro atoms. The fraction of sp³-hybridized carbons (Fsp3) is 0.318. The first-order valence-corrected chi connectivity index (χ1v) is 9.26. The van der Waals surface area contributed by atoms with Crippen molar-refractivity contribution in [2.75, 3.05) is 26.7 Å². The van der Waals surface area contributed by atoms with Gasteiger partial charge in [-0.3, -0.25) is 9.69 Å². The molecule has 1 fully saturated rings. The SMILES string of the molecule is COc1ccccc1C(CNC(=O)/C=C/c1cccc(F)c1)N1CCCC1. The molecule has 1 N–H and O–H groups in total. The number of methoxy groups -OCH3 is 1. The molecule has 1 aliphatic heterocycles. The van der Waals surface area contributed by atoms with Crippen molar-refractivity contribution in [1.82, 2.24) is 10.2 Å². The average molecular weight is 368 g/mol.